The molecule has 190 valence electrons. The Bertz CT molecular complexity index is 1380. The molecule has 1 aliphatic heterocycles. The van der Waals surface area contributed by atoms with Crippen molar-refractivity contribution in [3.63, 3.8) is 0 Å². The van der Waals surface area contributed by atoms with Crippen LogP contribution in [0.4, 0.5) is 11.4 Å². The van der Waals surface area contributed by atoms with E-state index in [0.717, 1.165) is 63.7 Å². The summed E-state index contributed by atoms with van der Waals surface area (Å²) in [6, 6.07) is 16.4. The molecular weight excluding hydrogens is 460 g/mol. The highest BCUT2D eigenvalue weighted by atomic mass is 16.5. The van der Waals surface area contributed by atoms with E-state index in [9.17, 15) is 5.26 Å². The third-order valence-corrected chi connectivity index (χ3v) is 7.31. The van der Waals surface area contributed by atoms with Gasteiger partial charge in [0.1, 0.15) is 18.4 Å². The van der Waals surface area contributed by atoms with Gasteiger partial charge in [-0.05, 0) is 93.8 Å². The fourth-order valence-electron chi connectivity index (χ4n) is 5.00. The molecule has 1 aliphatic rings. The minimum Gasteiger partial charge on any atom is -0.492 e. The number of H-pyrrole nitrogens is 1. The number of aryl methyl sites for hydroxylation is 1. The molecular formula is C30H34N6O. The van der Waals surface area contributed by atoms with Gasteiger partial charge in [-0.3, -0.25) is 4.98 Å². The van der Waals surface area contributed by atoms with Crippen molar-refractivity contribution >= 4 is 22.3 Å². The average molecular weight is 495 g/mol. The number of nitrogens with one attached hydrogen (secondary N) is 3. The number of likely N-dealkylation sites (tertiary alicyclic amines) is 1. The normalized spacial score (nSPS) is 14.5. The zero-order valence-electron chi connectivity index (χ0n) is 21.6. The molecule has 7 nitrogen and oxygen atoms in total. The van der Waals surface area contributed by atoms with E-state index in [4.69, 9.17) is 4.74 Å². The molecule has 0 amide bonds. The molecule has 5 rings (SSSR count). The summed E-state index contributed by atoms with van der Waals surface area (Å²) < 4.78 is 5.97. The van der Waals surface area contributed by atoms with Gasteiger partial charge in [-0.25, -0.2) is 0 Å². The van der Waals surface area contributed by atoms with E-state index < -0.39 is 0 Å². The van der Waals surface area contributed by atoms with Crippen molar-refractivity contribution in [2.75, 3.05) is 45.2 Å². The van der Waals surface area contributed by atoms with E-state index >= 15 is 0 Å². The average Bonchev–Trinajstić information content (AvgIpc) is 3.41. The summed E-state index contributed by atoms with van der Waals surface area (Å²) in [5.74, 6) is 1.60. The summed E-state index contributed by atoms with van der Waals surface area (Å²) in [6.45, 7) is 7.00. The van der Waals surface area contributed by atoms with Crippen LogP contribution in [0.15, 0.2) is 61.1 Å². The van der Waals surface area contributed by atoms with Crippen LogP contribution in [0, 0.1) is 24.2 Å². The molecule has 0 bridgehead atoms. The molecule has 3 heterocycles. The monoisotopic (exact) mass is 494 g/mol. The first-order chi connectivity index (χ1) is 18.1. The fourth-order valence-corrected chi connectivity index (χ4v) is 5.00. The third kappa shape index (κ3) is 5.77. The van der Waals surface area contributed by atoms with Crippen LogP contribution in [-0.4, -0.2) is 54.7 Å². The Labute approximate surface area is 218 Å². The number of fused-ring (bicyclic) bond motifs is 1. The first-order valence-electron chi connectivity index (χ1n) is 13.0. The summed E-state index contributed by atoms with van der Waals surface area (Å²) >= 11 is 0. The zero-order chi connectivity index (χ0) is 25.6. The number of pyridine rings is 1. The molecule has 2 aromatic carbocycles. The largest absolute Gasteiger partial charge is 0.492 e. The number of aromatic amines is 1. The van der Waals surface area contributed by atoms with Gasteiger partial charge in [-0.2, -0.15) is 5.26 Å². The molecule has 7 heteroatoms. The lowest BCUT2D eigenvalue weighted by molar-refractivity contribution is 0.213. The molecule has 0 aliphatic carbocycles. The number of hydrogen-bond acceptors (Lipinski definition) is 6. The van der Waals surface area contributed by atoms with Crippen LogP contribution in [0.2, 0.25) is 0 Å². The molecule has 37 heavy (non-hydrogen) atoms. The van der Waals surface area contributed by atoms with Crippen molar-refractivity contribution in [1.29, 1.82) is 5.26 Å². The van der Waals surface area contributed by atoms with Crippen LogP contribution in [0.25, 0.3) is 22.0 Å². The van der Waals surface area contributed by atoms with E-state index in [0.29, 0.717) is 12.2 Å². The molecule has 1 saturated heterocycles. The summed E-state index contributed by atoms with van der Waals surface area (Å²) in [7, 11) is 2.20. The lowest BCUT2D eigenvalue weighted by atomic mass is 9.97. The molecule has 3 N–H and O–H groups in total. The molecule has 1 fully saturated rings. The number of rotatable bonds is 9. The Hall–Kier alpha value is -3.86. The van der Waals surface area contributed by atoms with Crippen LogP contribution in [0.3, 0.4) is 0 Å². The minimum absolute atomic E-state index is 0.502. The zero-order valence-corrected chi connectivity index (χ0v) is 21.6. The topological polar surface area (TPSA) is 89.0 Å². The molecule has 0 spiro atoms. The maximum atomic E-state index is 9.79. The smallest absolute Gasteiger partial charge is 0.119 e. The Kier molecular flexibility index (Phi) is 7.69. The molecule has 0 saturated carbocycles. The van der Waals surface area contributed by atoms with Gasteiger partial charge < -0.3 is 25.3 Å². The number of anilines is 2. The lowest BCUT2D eigenvalue weighted by Crippen LogP contribution is -2.35. The van der Waals surface area contributed by atoms with E-state index in [-0.39, 0.29) is 0 Å². The molecule has 0 atom stereocenters. The number of hydrogen-bond donors (Lipinski definition) is 3. The Morgan fingerprint density at radius 3 is 2.70 bits per heavy atom. The molecule has 0 radical (unpaired) electrons. The fraction of sp³-hybridized carbons (Fsp3) is 0.333. The Balaban J connectivity index is 1.24. The molecule has 2 aromatic heterocycles. The van der Waals surface area contributed by atoms with Crippen LogP contribution in [0.1, 0.15) is 24.0 Å². The first-order valence-corrected chi connectivity index (χ1v) is 13.0. The van der Waals surface area contributed by atoms with Crippen molar-refractivity contribution in [3.05, 3.63) is 72.2 Å². The van der Waals surface area contributed by atoms with Crippen molar-refractivity contribution in [2.45, 2.75) is 19.8 Å². The number of piperidine rings is 1. The van der Waals surface area contributed by atoms with Crippen molar-refractivity contribution < 1.29 is 4.74 Å². The second-order valence-corrected chi connectivity index (χ2v) is 9.85. The van der Waals surface area contributed by atoms with E-state index in [1.165, 1.54) is 25.9 Å². The van der Waals surface area contributed by atoms with E-state index in [1.807, 2.05) is 42.6 Å². The predicted octanol–water partition coefficient (Wildman–Crippen LogP) is 5.46. The number of aromatic nitrogens is 2. The highest BCUT2D eigenvalue weighted by molar-refractivity contribution is 5.91. The van der Waals surface area contributed by atoms with Gasteiger partial charge in [-0.1, -0.05) is 12.1 Å². The lowest BCUT2D eigenvalue weighted by Gasteiger charge is -2.29. The highest BCUT2D eigenvalue weighted by Crippen LogP contribution is 2.35. The second kappa shape index (κ2) is 11.5. The predicted molar refractivity (Wildman–Crippen MR) is 149 cm³/mol. The highest BCUT2D eigenvalue weighted by Gasteiger charge is 2.16. The number of nitriles is 1. The van der Waals surface area contributed by atoms with Gasteiger partial charge in [0.05, 0.1) is 11.3 Å². The van der Waals surface area contributed by atoms with Crippen LogP contribution < -0.4 is 15.4 Å². The van der Waals surface area contributed by atoms with Gasteiger partial charge in [0.15, 0.2) is 0 Å². The van der Waals surface area contributed by atoms with Crippen LogP contribution >= 0.6 is 0 Å². The quantitative estimate of drug-likeness (QED) is 0.268. The number of benzene rings is 2. The van der Waals surface area contributed by atoms with Crippen LogP contribution in [-0.2, 0) is 0 Å². The Morgan fingerprint density at radius 1 is 1.11 bits per heavy atom. The summed E-state index contributed by atoms with van der Waals surface area (Å²) in [4.78, 5) is 9.97. The van der Waals surface area contributed by atoms with Gasteiger partial charge >= 0.3 is 0 Å². The maximum Gasteiger partial charge on any atom is 0.119 e. The number of ether oxygens (including phenoxy) is 1. The maximum absolute atomic E-state index is 9.79. The summed E-state index contributed by atoms with van der Waals surface area (Å²) in [6.07, 6.45) is 7.88. The van der Waals surface area contributed by atoms with E-state index in [1.54, 1.807) is 12.4 Å². The van der Waals surface area contributed by atoms with Crippen molar-refractivity contribution in [3.8, 4) is 22.9 Å². The minimum atomic E-state index is 0.502. The van der Waals surface area contributed by atoms with Gasteiger partial charge in [0.25, 0.3) is 0 Å². The van der Waals surface area contributed by atoms with E-state index in [2.05, 4.69) is 51.6 Å². The number of nitrogens with zero attached hydrogens (tertiary/aromatic N) is 3. The Morgan fingerprint density at radius 2 is 1.92 bits per heavy atom. The first kappa shape index (κ1) is 24.8. The molecule has 0 unspecified atom stereocenters. The van der Waals surface area contributed by atoms with Gasteiger partial charge in [0, 0.05) is 47.3 Å². The molecule has 4 aromatic rings. The summed E-state index contributed by atoms with van der Waals surface area (Å²) in [5, 5.41) is 18.0. The van der Waals surface area contributed by atoms with Gasteiger partial charge in [0.2, 0.25) is 0 Å². The van der Waals surface area contributed by atoms with Gasteiger partial charge in [-0.15, -0.1) is 0 Å². The third-order valence-electron chi connectivity index (χ3n) is 7.31. The SMILES string of the molecule is Cc1c(Nc2c(C#N)cncc2-c2ccc(OCCNCC3CCN(C)CC3)cc2)ccc2[nH]ccc12. The second-order valence-electron chi connectivity index (χ2n) is 9.85. The van der Waals surface area contributed by atoms with Crippen molar-refractivity contribution in [1.82, 2.24) is 20.2 Å². The van der Waals surface area contributed by atoms with Crippen molar-refractivity contribution in [2.24, 2.45) is 5.92 Å². The van der Waals surface area contributed by atoms with Crippen LogP contribution in [0.5, 0.6) is 5.75 Å². The standard InChI is InChI=1S/C30H34N6O/c1-21-26-9-12-34-29(26)8-7-28(21)35-30-24(17-31)19-33-20-27(30)23-3-5-25(6-4-23)37-16-13-32-18-22-10-14-36(2)15-11-22/h3-9,12,19-20,22,32,34H,10-11,13-16,18H2,1-2H3,(H,33,35). The summed E-state index contributed by atoms with van der Waals surface area (Å²) in [5.41, 5.74) is 6.27.